The fourth-order valence-electron chi connectivity index (χ4n) is 4.46. The zero-order valence-electron chi connectivity index (χ0n) is 15.9. The van der Waals surface area contributed by atoms with Crippen molar-refractivity contribution in [2.24, 2.45) is 0 Å². The smallest absolute Gasteiger partial charge is 0.168 e. The number of halogens is 2. The predicted octanol–water partition coefficient (Wildman–Crippen LogP) is 4.50. The van der Waals surface area contributed by atoms with Crippen molar-refractivity contribution in [2.75, 3.05) is 40.3 Å². The second-order valence-electron chi connectivity index (χ2n) is 6.78. The van der Waals surface area contributed by atoms with Crippen LogP contribution in [0.25, 0.3) is 11.1 Å². The summed E-state index contributed by atoms with van der Waals surface area (Å²) in [5.41, 5.74) is 6.36. The van der Waals surface area contributed by atoms with Gasteiger partial charge >= 0.3 is 0 Å². The van der Waals surface area contributed by atoms with Crippen LogP contribution in [0.3, 0.4) is 0 Å². The summed E-state index contributed by atoms with van der Waals surface area (Å²) in [5, 5.41) is 0. The molecule has 1 aliphatic heterocycles. The van der Waals surface area contributed by atoms with Gasteiger partial charge in [0.2, 0.25) is 0 Å². The van der Waals surface area contributed by atoms with Gasteiger partial charge in [0.1, 0.15) is 5.75 Å². The molecule has 1 unspecified atom stereocenters. The molecule has 4 nitrogen and oxygen atoms in total. The zero-order valence-corrected chi connectivity index (χ0v) is 17.5. The van der Waals surface area contributed by atoms with Crippen molar-refractivity contribution < 1.29 is 14.2 Å². The molecule has 27 heavy (non-hydrogen) atoms. The molecule has 2 aromatic carbocycles. The van der Waals surface area contributed by atoms with Gasteiger partial charge in [0, 0.05) is 30.6 Å². The summed E-state index contributed by atoms with van der Waals surface area (Å²) in [5.74, 6) is 3.10. The van der Waals surface area contributed by atoms with Crippen LogP contribution in [0.5, 0.6) is 17.2 Å². The van der Waals surface area contributed by atoms with Crippen LogP contribution in [-0.4, -0.2) is 45.2 Å². The van der Waals surface area contributed by atoms with Crippen LogP contribution in [0.15, 0.2) is 24.3 Å². The van der Waals surface area contributed by atoms with E-state index in [0.717, 1.165) is 48.7 Å². The maximum atomic E-state index is 6.08. The Bertz CT molecular complexity index is 841. The first-order valence-electron chi connectivity index (χ1n) is 8.96. The van der Waals surface area contributed by atoms with Crippen molar-refractivity contribution in [2.45, 2.75) is 18.9 Å². The number of benzene rings is 2. The maximum absolute atomic E-state index is 6.08. The molecule has 4 rings (SSSR count). The standard InChI is InChI=1S/C21H24ClNO3.ClH/c1-24-15-10-14-6-8-23(9-7-22)17-11-13-4-5-18(25-2)21(26-3)20(13)16(12-15)19(14)17;/h4-5,10,12,17H,6-9,11H2,1-3H3;1H. The van der Waals surface area contributed by atoms with Crippen molar-refractivity contribution in [3.05, 3.63) is 41.0 Å². The Morgan fingerprint density at radius 2 is 1.89 bits per heavy atom. The summed E-state index contributed by atoms with van der Waals surface area (Å²) in [6.07, 6.45) is 1.97. The summed E-state index contributed by atoms with van der Waals surface area (Å²) < 4.78 is 16.9. The van der Waals surface area contributed by atoms with E-state index in [1.165, 1.54) is 22.3 Å². The lowest BCUT2D eigenvalue weighted by Crippen LogP contribution is -2.39. The Morgan fingerprint density at radius 3 is 2.56 bits per heavy atom. The van der Waals surface area contributed by atoms with E-state index in [9.17, 15) is 0 Å². The Labute approximate surface area is 171 Å². The van der Waals surface area contributed by atoms with E-state index in [1.807, 2.05) is 6.07 Å². The molecule has 0 aromatic heterocycles. The van der Waals surface area contributed by atoms with Gasteiger partial charge < -0.3 is 14.2 Å². The van der Waals surface area contributed by atoms with E-state index < -0.39 is 0 Å². The van der Waals surface area contributed by atoms with E-state index >= 15 is 0 Å². The monoisotopic (exact) mass is 409 g/mol. The molecule has 0 amide bonds. The minimum Gasteiger partial charge on any atom is -0.497 e. The third-order valence-electron chi connectivity index (χ3n) is 5.60. The van der Waals surface area contributed by atoms with Gasteiger partial charge in [-0.1, -0.05) is 6.07 Å². The summed E-state index contributed by atoms with van der Waals surface area (Å²) in [7, 11) is 5.11. The Hall–Kier alpha value is -1.62. The molecule has 0 radical (unpaired) electrons. The SMILES string of the molecule is COc1cc2c3c(c1)-c1c(ccc(OC)c1OC)CC3N(CCCl)CC2.Cl. The predicted molar refractivity (Wildman–Crippen MR) is 111 cm³/mol. The van der Waals surface area contributed by atoms with E-state index in [2.05, 4.69) is 23.1 Å². The van der Waals surface area contributed by atoms with E-state index in [1.54, 1.807) is 21.3 Å². The van der Waals surface area contributed by atoms with Gasteiger partial charge in [0.05, 0.1) is 21.3 Å². The third kappa shape index (κ3) is 3.24. The van der Waals surface area contributed by atoms with E-state index in [-0.39, 0.29) is 12.4 Å². The Balaban J connectivity index is 0.00000210. The number of methoxy groups -OCH3 is 3. The lowest BCUT2D eigenvalue weighted by Gasteiger charge is -2.42. The molecule has 2 aromatic rings. The van der Waals surface area contributed by atoms with Gasteiger partial charge in [0.15, 0.2) is 11.5 Å². The molecule has 1 aliphatic carbocycles. The number of fused-ring (bicyclic) bond motifs is 2. The molecule has 0 spiro atoms. The highest BCUT2D eigenvalue weighted by Gasteiger charge is 2.36. The number of rotatable bonds is 5. The van der Waals surface area contributed by atoms with Gasteiger partial charge in [-0.25, -0.2) is 0 Å². The third-order valence-corrected chi connectivity index (χ3v) is 5.77. The minimum absolute atomic E-state index is 0. The first-order chi connectivity index (χ1) is 12.7. The minimum atomic E-state index is 0. The molecule has 0 bridgehead atoms. The number of hydrogen-bond donors (Lipinski definition) is 0. The van der Waals surface area contributed by atoms with Crippen LogP contribution in [-0.2, 0) is 12.8 Å². The average molecular weight is 410 g/mol. The quantitative estimate of drug-likeness (QED) is 0.680. The van der Waals surface area contributed by atoms with Gasteiger partial charge in [-0.3, -0.25) is 4.90 Å². The fourth-order valence-corrected chi connectivity index (χ4v) is 4.68. The lowest BCUT2D eigenvalue weighted by molar-refractivity contribution is 0.193. The number of ether oxygens (including phenoxy) is 3. The number of hydrogen-bond acceptors (Lipinski definition) is 4. The van der Waals surface area contributed by atoms with Crippen LogP contribution in [0.1, 0.15) is 22.7 Å². The Kier molecular flexibility index (Phi) is 6.09. The fraction of sp³-hybridized carbons (Fsp3) is 0.429. The van der Waals surface area contributed by atoms with Crippen molar-refractivity contribution in [1.29, 1.82) is 0 Å². The summed E-state index contributed by atoms with van der Waals surface area (Å²) in [6, 6.07) is 8.83. The van der Waals surface area contributed by atoms with Crippen molar-refractivity contribution in [1.82, 2.24) is 4.90 Å². The second-order valence-corrected chi connectivity index (χ2v) is 7.16. The molecule has 6 heteroatoms. The first-order valence-corrected chi connectivity index (χ1v) is 9.50. The van der Waals surface area contributed by atoms with Crippen molar-refractivity contribution in [3.8, 4) is 28.4 Å². The van der Waals surface area contributed by atoms with Gasteiger partial charge in [-0.2, -0.15) is 0 Å². The molecule has 0 saturated heterocycles. The molecule has 146 valence electrons. The highest BCUT2D eigenvalue weighted by Crippen LogP contribution is 2.51. The largest absolute Gasteiger partial charge is 0.497 e. The number of nitrogens with zero attached hydrogens (tertiary/aromatic N) is 1. The van der Waals surface area contributed by atoms with Gasteiger partial charge in [-0.15, -0.1) is 24.0 Å². The number of alkyl halides is 1. The van der Waals surface area contributed by atoms with E-state index in [4.69, 9.17) is 25.8 Å². The zero-order chi connectivity index (χ0) is 18.3. The van der Waals surface area contributed by atoms with Crippen LogP contribution in [0.2, 0.25) is 0 Å². The molecular formula is C21H25Cl2NO3. The van der Waals surface area contributed by atoms with Gasteiger partial charge in [0.25, 0.3) is 0 Å². The molecule has 1 heterocycles. The second kappa shape index (κ2) is 8.17. The molecule has 0 fully saturated rings. The average Bonchev–Trinajstić information content (AvgIpc) is 2.68. The van der Waals surface area contributed by atoms with Gasteiger partial charge in [-0.05, 0) is 53.3 Å². The Morgan fingerprint density at radius 1 is 1.07 bits per heavy atom. The highest BCUT2D eigenvalue weighted by molar-refractivity contribution is 6.18. The highest BCUT2D eigenvalue weighted by atomic mass is 35.5. The van der Waals surface area contributed by atoms with Crippen molar-refractivity contribution >= 4 is 24.0 Å². The molecular weight excluding hydrogens is 385 g/mol. The van der Waals surface area contributed by atoms with Crippen molar-refractivity contribution in [3.63, 3.8) is 0 Å². The molecule has 2 aliphatic rings. The summed E-state index contributed by atoms with van der Waals surface area (Å²) in [4.78, 5) is 2.50. The topological polar surface area (TPSA) is 30.9 Å². The maximum Gasteiger partial charge on any atom is 0.168 e. The van der Waals surface area contributed by atoms with E-state index in [0.29, 0.717) is 11.9 Å². The lowest BCUT2D eigenvalue weighted by atomic mass is 9.76. The molecule has 0 N–H and O–H groups in total. The normalized spacial score (nSPS) is 17.4. The summed E-state index contributed by atoms with van der Waals surface area (Å²) in [6.45, 7) is 1.93. The molecule has 0 saturated carbocycles. The van der Waals surface area contributed by atoms with Crippen LogP contribution >= 0.6 is 24.0 Å². The van der Waals surface area contributed by atoms with Crippen LogP contribution in [0.4, 0.5) is 0 Å². The first kappa shape index (κ1) is 20.1. The summed E-state index contributed by atoms with van der Waals surface area (Å²) >= 11 is 6.08. The van der Waals surface area contributed by atoms with Crippen LogP contribution < -0.4 is 14.2 Å². The van der Waals surface area contributed by atoms with Crippen LogP contribution in [0, 0.1) is 0 Å². The molecule has 1 atom stereocenters.